The highest BCUT2D eigenvalue weighted by molar-refractivity contribution is 8.13. The third-order valence-corrected chi connectivity index (χ3v) is 5.70. The van der Waals surface area contributed by atoms with Gasteiger partial charge in [0.1, 0.15) is 17.8 Å². The van der Waals surface area contributed by atoms with Crippen LogP contribution in [0.15, 0.2) is 30.3 Å². The summed E-state index contributed by atoms with van der Waals surface area (Å²) in [7, 11) is 1.73. The molecule has 0 radical (unpaired) electrons. The Morgan fingerprint density at radius 2 is 1.84 bits per heavy atom. The first-order valence-corrected chi connectivity index (χ1v) is 10.7. The Bertz CT molecular complexity index is 707. The second-order valence-electron chi connectivity index (χ2n) is 6.91. The fourth-order valence-corrected chi connectivity index (χ4v) is 5.03. The summed E-state index contributed by atoms with van der Waals surface area (Å²) in [4.78, 5) is 0. The summed E-state index contributed by atoms with van der Waals surface area (Å²) in [6, 6.07) is 9.64. The molecule has 0 N–H and O–H groups in total. The highest BCUT2D eigenvalue weighted by atomic mass is 35.7. The third-order valence-electron chi connectivity index (χ3n) is 4.54. The lowest BCUT2D eigenvalue weighted by Gasteiger charge is -2.35. The molecule has 2 saturated heterocycles. The van der Waals surface area contributed by atoms with Gasteiger partial charge in [-0.15, -0.1) is 0 Å². The van der Waals surface area contributed by atoms with E-state index < -0.39 is 38.9 Å². The summed E-state index contributed by atoms with van der Waals surface area (Å²) in [6.07, 6.45) is -1.41. The minimum Gasteiger partial charge on any atom is -0.368 e. The molecule has 1 aromatic carbocycles. The lowest BCUT2D eigenvalue weighted by Crippen LogP contribution is -2.50. The van der Waals surface area contributed by atoms with Crippen molar-refractivity contribution in [2.45, 2.75) is 63.7 Å². The zero-order valence-electron chi connectivity index (χ0n) is 14.5. The Morgan fingerprint density at radius 3 is 2.44 bits per heavy atom. The molecule has 4 atom stereocenters. The molecular weight excluding hydrogens is 368 g/mol. The van der Waals surface area contributed by atoms with Gasteiger partial charge in [0.2, 0.25) is 9.05 Å². The van der Waals surface area contributed by atoms with E-state index in [9.17, 15) is 8.42 Å². The zero-order valence-corrected chi connectivity index (χ0v) is 16.0. The zero-order chi connectivity index (χ0) is 18.3. The van der Waals surface area contributed by atoms with Gasteiger partial charge in [-0.05, 0) is 25.8 Å². The molecule has 0 amide bonds. The molecule has 0 aliphatic carbocycles. The third kappa shape index (κ3) is 4.18. The molecule has 0 bridgehead atoms. The van der Waals surface area contributed by atoms with Gasteiger partial charge in [0.05, 0.1) is 12.4 Å². The first-order valence-electron chi connectivity index (χ1n) is 8.25. The van der Waals surface area contributed by atoms with E-state index in [1.165, 1.54) is 0 Å². The van der Waals surface area contributed by atoms with Gasteiger partial charge in [-0.2, -0.15) is 0 Å². The SMILES string of the molecule is CC[C@]1(CS(=O)(=O)Cl)O[C@@H]2OC(C)(C)O[C@H]2C1OCc1ccccc1. The molecule has 2 fully saturated rings. The maximum Gasteiger partial charge on any atom is 0.235 e. The molecule has 2 aliphatic heterocycles. The van der Waals surface area contributed by atoms with E-state index in [0.29, 0.717) is 13.0 Å². The van der Waals surface area contributed by atoms with Crippen LogP contribution in [0.3, 0.4) is 0 Å². The molecule has 0 saturated carbocycles. The molecular formula is C17H23ClO6S. The van der Waals surface area contributed by atoms with Crippen LogP contribution in [0.5, 0.6) is 0 Å². The average Bonchev–Trinajstić information content (AvgIpc) is 2.93. The number of halogens is 1. The molecule has 1 aromatic rings. The average molecular weight is 391 g/mol. The predicted octanol–water partition coefficient (Wildman–Crippen LogP) is 2.80. The van der Waals surface area contributed by atoms with Crippen molar-refractivity contribution in [1.82, 2.24) is 0 Å². The lowest BCUT2D eigenvalue weighted by molar-refractivity contribution is -0.240. The molecule has 2 aliphatic rings. The van der Waals surface area contributed by atoms with E-state index in [1.54, 1.807) is 13.8 Å². The standard InChI is InChI=1S/C17H23ClO6S/c1-4-17(11-25(18,19)20)14(21-10-12-8-6-5-7-9-12)13-15(24-17)23-16(2,3)22-13/h5-9,13-15H,4,10-11H2,1-3H3/t13-,14?,15-,17+/m0/s1. The van der Waals surface area contributed by atoms with Crippen molar-refractivity contribution in [3.63, 3.8) is 0 Å². The summed E-state index contributed by atoms with van der Waals surface area (Å²) in [6.45, 7) is 5.73. The van der Waals surface area contributed by atoms with Crippen molar-refractivity contribution in [3.05, 3.63) is 35.9 Å². The van der Waals surface area contributed by atoms with Gasteiger partial charge >= 0.3 is 0 Å². The van der Waals surface area contributed by atoms with Gasteiger partial charge in [0, 0.05) is 10.7 Å². The van der Waals surface area contributed by atoms with Crippen LogP contribution in [0.1, 0.15) is 32.8 Å². The maximum atomic E-state index is 11.8. The van der Waals surface area contributed by atoms with Crippen molar-refractivity contribution in [2.75, 3.05) is 5.75 Å². The summed E-state index contributed by atoms with van der Waals surface area (Å²) in [5.74, 6) is -1.18. The van der Waals surface area contributed by atoms with E-state index in [4.69, 9.17) is 29.6 Å². The van der Waals surface area contributed by atoms with Crippen LogP contribution in [-0.4, -0.2) is 44.1 Å². The molecule has 3 rings (SSSR count). The van der Waals surface area contributed by atoms with E-state index in [0.717, 1.165) is 5.56 Å². The molecule has 0 spiro atoms. The van der Waals surface area contributed by atoms with Gasteiger partial charge in [-0.3, -0.25) is 0 Å². The Hall–Kier alpha value is -0.700. The number of fused-ring (bicyclic) bond motifs is 1. The van der Waals surface area contributed by atoms with Crippen LogP contribution >= 0.6 is 10.7 Å². The minimum atomic E-state index is -3.80. The first-order chi connectivity index (χ1) is 11.6. The Labute approximate surface area is 152 Å². The van der Waals surface area contributed by atoms with Gasteiger partial charge in [0.25, 0.3) is 0 Å². The lowest BCUT2D eigenvalue weighted by atomic mass is 9.94. The van der Waals surface area contributed by atoms with Crippen LogP contribution < -0.4 is 0 Å². The van der Waals surface area contributed by atoms with Gasteiger partial charge < -0.3 is 18.9 Å². The number of hydrogen-bond acceptors (Lipinski definition) is 6. The van der Waals surface area contributed by atoms with Gasteiger partial charge in [0.15, 0.2) is 12.1 Å². The smallest absolute Gasteiger partial charge is 0.235 e. The Balaban J connectivity index is 1.86. The highest BCUT2D eigenvalue weighted by Gasteiger charge is 2.62. The van der Waals surface area contributed by atoms with Crippen molar-refractivity contribution in [1.29, 1.82) is 0 Å². The van der Waals surface area contributed by atoms with Crippen molar-refractivity contribution in [3.8, 4) is 0 Å². The van der Waals surface area contributed by atoms with E-state index >= 15 is 0 Å². The predicted molar refractivity (Wildman–Crippen MR) is 92.6 cm³/mol. The summed E-state index contributed by atoms with van der Waals surface area (Å²) in [5, 5.41) is 0. The van der Waals surface area contributed by atoms with Crippen LogP contribution in [-0.2, 0) is 34.6 Å². The molecule has 8 heteroatoms. The summed E-state index contributed by atoms with van der Waals surface area (Å²) >= 11 is 0. The van der Waals surface area contributed by atoms with Crippen molar-refractivity contribution < 1.29 is 27.4 Å². The summed E-state index contributed by atoms with van der Waals surface area (Å²) < 4.78 is 47.3. The second-order valence-corrected chi connectivity index (χ2v) is 9.68. The molecule has 2 heterocycles. The van der Waals surface area contributed by atoms with Crippen molar-refractivity contribution in [2.24, 2.45) is 0 Å². The molecule has 140 valence electrons. The maximum absolute atomic E-state index is 11.8. The van der Waals surface area contributed by atoms with Crippen LogP contribution in [0.25, 0.3) is 0 Å². The molecule has 1 unspecified atom stereocenters. The minimum absolute atomic E-state index is 0.311. The monoisotopic (exact) mass is 390 g/mol. The molecule has 25 heavy (non-hydrogen) atoms. The highest BCUT2D eigenvalue weighted by Crippen LogP contribution is 2.46. The van der Waals surface area contributed by atoms with E-state index in [2.05, 4.69) is 0 Å². The first kappa shape index (κ1) is 19.1. The molecule has 0 aromatic heterocycles. The number of ether oxygens (including phenoxy) is 4. The van der Waals surface area contributed by atoms with Crippen molar-refractivity contribution >= 4 is 19.7 Å². The fraction of sp³-hybridized carbons (Fsp3) is 0.647. The molecule has 6 nitrogen and oxygen atoms in total. The Kier molecular flexibility index (Phi) is 5.18. The fourth-order valence-electron chi connectivity index (χ4n) is 3.45. The van der Waals surface area contributed by atoms with E-state index in [-0.39, 0.29) is 5.75 Å². The van der Waals surface area contributed by atoms with Crippen LogP contribution in [0, 0.1) is 0 Å². The van der Waals surface area contributed by atoms with E-state index in [1.807, 2.05) is 37.3 Å². The number of rotatable bonds is 6. The topological polar surface area (TPSA) is 71.1 Å². The summed E-state index contributed by atoms with van der Waals surface area (Å²) in [5.41, 5.74) is -0.135. The Morgan fingerprint density at radius 1 is 1.16 bits per heavy atom. The van der Waals surface area contributed by atoms with Crippen LogP contribution in [0.4, 0.5) is 0 Å². The number of benzene rings is 1. The van der Waals surface area contributed by atoms with Gasteiger partial charge in [-0.1, -0.05) is 37.3 Å². The quantitative estimate of drug-likeness (QED) is 0.695. The largest absolute Gasteiger partial charge is 0.368 e. The van der Waals surface area contributed by atoms with Crippen LogP contribution in [0.2, 0.25) is 0 Å². The normalized spacial score (nSPS) is 34.2. The van der Waals surface area contributed by atoms with Gasteiger partial charge in [-0.25, -0.2) is 8.42 Å². The number of hydrogen-bond donors (Lipinski definition) is 0. The second kappa shape index (κ2) is 6.79.